The predicted molar refractivity (Wildman–Crippen MR) is 101 cm³/mol. The molecule has 0 fully saturated rings. The van der Waals surface area contributed by atoms with Gasteiger partial charge >= 0.3 is 0 Å². The van der Waals surface area contributed by atoms with Gasteiger partial charge in [0.1, 0.15) is 0 Å². The summed E-state index contributed by atoms with van der Waals surface area (Å²) in [5.41, 5.74) is 2.35. The molecule has 3 rings (SSSR count). The molecule has 2 heterocycles. The minimum absolute atomic E-state index is 0.0370. The van der Waals surface area contributed by atoms with Gasteiger partial charge in [-0.25, -0.2) is 0 Å². The molecule has 0 unspecified atom stereocenters. The Kier molecular flexibility index (Phi) is 5.80. The first-order valence-electron chi connectivity index (χ1n) is 7.79. The topological polar surface area (TPSA) is 32.3 Å². The Morgan fingerprint density at radius 1 is 1.12 bits per heavy atom. The molecule has 0 saturated carbocycles. The van der Waals surface area contributed by atoms with Gasteiger partial charge in [0.25, 0.3) is 0 Å². The van der Waals surface area contributed by atoms with Gasteiger partial charge in [0, 0.05) is 11.4 Å². The third-order valence-electron chi connectivity index (χ3n) is 3.71. The van der Waals surface area contributed by atoms with Crippen LogP contribution in [0.25, 0.3) is 0 Å². The molecule has 0 radical (unpaired) electrons. The van der Waals surface area contributed by atoms with E-state index in [1.54, 1.807) is 22.7 Å². The fourth-order valence-corrected chi connectivity index (χ4v) is 4.08. The molecule has 1 amide bonds. The Morgan fingerprint density at radius 3 is 2.62 bits per heavy atom. The molecule has 0 bridgehead atoms. The van der Waals surface area contributed by atoms with Gasteiger partial charge in [0.05, 0.1) is 12.6 Å². The van der Waals surface area contributed by atoms with Crippen LogP contribution in [-0.4, -0.2) is 24.4 Å². The molecule has 0 aliphatic carbocycles. The van der Waals surface area contributed by atoms with Crippen molar-refractivity contribution in [2.45, 2.75) is 12.6 Å². The Hall–Kier alpha value is -1.95. The average Bonchev–Trinajstić information content (AvgIpc) is 3.27. The van der Waals surface area contributed by atoms with Crippen molar-refractivity contribution in [2.75, 3.05) is 13.6 Å². The number of rotatable bonds is 7. The molecule has 0 aliphatic heterocycles. The van der Waals surface area contributed by atoms with Gasteiger partial charge in [0.2, 0.25) is 5.91 Å². The van der Waals surface area contributed by atoms with E-state index < -0.39 is 0 Å². The third kappa shape index (κ3) is 4.54. The minimum Gasteiger partial charge on any atom is -0.343 e. The monoisotopic (exact) mass is 356 g/mol. The number of nitrogens with one attached hydrogen (secondary N) is 1. The molecule has 1 N–H and O–H groups in total. The highest BCUT2D eigenvalue weighted by Crippen LogP contribution is 2.25. The third-order valence-corrected chi connectivity index (χ3v) is 5.38. The fourth-order valence-electron chi connectivity index (χ4n) is 2.62. The number of carbonyl (C=O) groups excluding carboxylic acids is 1. The molecule has 3 aromatic rings. The van der Waals surface area contributed by atoms with E-state index in [4.69, 9.17) is 0 Å². The van der Waals surface area contributed by atoms with Crippen LogP contribution in [0.1, 0.15) is 22.0 Å². The van der Waals surface area contributed by atoms with Gasteiger partial charge in [-0.15, -0.1) is 11.3 Å². The molecular weight excluding hydrogens is 336 g/mol. The maximum absolute atomic E-state index is 12.5. The van der Waals surface area contributed by atoms with Crippen molar-refractivity contribution in [3.63, 3.8) is 0 Å². The van der Waals surface area contributed by atoms with E-state index in [2.05, 4.69) is 40.3 Å². The van der Waals surface area contributed by atoms with Crippen LogP contribution in [0.2, 0.25) is 0 Å². The van der Waals surface area contributed by atoms with E-state index in [0.29, 0.717) is 6.54 Å². The Balaban J connectivity index is 1.65. The molecule has 1 aromatic carbocycles. The second-order valence-corrected chi connectivity index (χ2v) is 7.49. The van der Waals surface area contributed by atoms with Crippen molar-refractivity contribution in [1.29, 1.82) is 0 Å². The van der Waals surface area contributed by atoms with Gasteiger partial charge in [0.15, 0.2) is 0 Å². The molecule has 0 aliphatic rings. The first-order valence-corrected chi connectivity index (χ1v) is 9.62. The molecule has 2 aromatic heterocycles. The number of hydrogen-bond acceptors (Lipinski definition) is 4. The van der Waals surface area contributed by atoms with E-state index in [1.807, 2.05) is 41.6 Å². The molecule has 124 valence electrons. The minimum atomic E-state index is -0.0896. The predicted octanol–water partition coefficient (Wildman–Crippen LogP) is 4.15. The number of benzene rings is 1. The lowest BCUT2D eigenvalue weighted by molar-refractivity contribution is -0.122. The molecule has 1 atom stereocenters. The van der Waals surface area contributed by atoms with Crippen LogP contribution in [-0.2, 0) is 11.3 Å². The number of carbonyl (C=O) groups is 1. The van der Waals surface area contributed by atoms with Crippen molar-refractivity contribution >= 4 is 28.6 Å². The largest absolute Gasteiger partial charge is 0.343 e. The first kappa shape index (κ1) is 16.9. The summed E-state index contributed by atoms with van der Waals surface area (Å²) < 4.78 is 0. The summed E-state index contributed by atoms with van der Waals surface area (Å²) in [6.07, 6.45) is 0. The number of nitrogens with zero attached hydrogens (tertiary/aromatic N) is 1. The smallest absolute Gasteiger partial charge is 0.234 e. The van der Waals surface area contributed by atoms with Crippen molar-refractivity contribution in [2.24, 2.45) is 0 Å². The summed E-state index contributed by atoms with van der Waals surface area (Å²) in [5, 5.41) is 9.40. The molecular formula is C19H20N2OS2. The molecule has 24 heavy (non-hydrogen) atoms. The summed E-state index contributed by atoms with van der Waals surface area (Å²) in [7, 11) is 1.97. The maximum atomic E-state index is 12.5. The normalized spacial score (nSPS) is 12.2. The highest BCUT2D eigenvalue weighted by molar-refractivity contribution is 7.10. The average molecular weight is 357 g/mol. The van der Waals surface area contributed by atoms with Crippen molar-refractivity contribution in [3.8, 4) is 0 Å². The molecule has 3 nitrogen and oxygen atoms in total. The summed E-state index contributed by atoms with van der Waals surface area (Å²) in [4.78, 5) is 15.7. The van der Waals surface area contributed by atoms with Gasteiger partial charge in [-0.05, 0) is 46.4 Å². The maximum Gasteiger partial charge on any atom is 0.234 e. The standard InChI is InChI=1S/C19H20N2OS2/c1-21(12-15-9-11-23-14-15)13-18(22)20-19(17-8-5-10-24-17)16-6-3-2-4-7-16/h2-11,14,19H,12-13H2,1H3,(H,20,22)/t19-/m0/s1. The quantitative estimate of drug-likeness (QED) is 0.690. The SMILES string of the molecule is CN(CC(=O)N[C@@H](c1ccccc1)c1cccs1)Cc1ccsc1. The second kappa shape index (κ2) is 8.24. The van der Waals surface area contributed by atoms with Crippen LogP contribution < -0.4 is 5.32 Å². The Bertz CT molecular complexity index is 739. The second-order valence-electron chi connectivity index (χ2n) is 5.73. The van der Waals surface area contributed by atoms with Crippen molar-refractivity contribution in [3.05, 3.63) is 80.7 Å². The highest BCUT2D eigenvalue weighted by atomic mass is 32.1. The zero-order chi connectivity index (χ0) is 16.8. The van der Waals surface area contributed by atoms with Gasteiger partial charge in [-0.2, -0.15) is 11.3 Å². The zero-order valence-corrected chi connectivity index (χ0v) is 15.1. The van der Waals surface area contributed by atoms with Crippen molar-refractivity contribution < 1.29 is 4.79 Å². The highest BCUT2D eigenvalue weighted by Gasteiger charge is 2.18. The van der Waals surface area contributed by atoms with Gasteiger partial charge in [-0.1, -0.05) is 36.4 Å². The van der Waals surface area contributed by atoms with Gasteiger partial charge in [-0.3, -0.25) is 9.69 Å². The van der Waals surface area contributed by atoms with Crippen LogP contribution in [0.5, 0.6) is 0 Å². The van der Waals surface area contributed by atoms with Crippen LogP contribution >= 0.6 is 22.7 Å². The molecule has 0 saturated heterocycles. The molecule has 5 heteroatoms. The van der Waals surface area contributed by atoms with Crippen LogP contribution in [0.3, 0.4) is 0 Å². The number of hydrogen-bond donors (Lipinski definition) is 1. The Labute approximate surface area is 150 Å². The van der Waals surface area contributed by atoms with Crippen LogP contribution in [0.4, 0.5) is 0 Å². The van der Waals surface area contributed by atoms with Crippen molar-refractivity contribution in [1.82, 2.24) is 10.2 Å². The van der Waals surface area contributed by atoms with E-state index in [9.17, 15) is 4.79 Å². The number of thiophene rings is 2. The fraction of sp³-hybridized carbons (Fsp3) is 0.211. The summed E-state index contributed by atoms with van der Waals surface area (Å²) >= 11 is 3.34. The lowest BCUT2D eigenvalue weighted by Crippen LogP contribution is -2.37. The van der Waals surface area contributed by atoms with E-state index in [0.717, 1.165) is 17.0 Å². The zero-order valence-electron chi connectivity index (χ0n) is 13.5. The summed E-state index contributed by atoms with van der Waals surface area (Å²) in [6, 6.07) is 16.2. The van der Waals surface area contributed by atoms with Gasteiger partial charge < -0.3 is 5.32 Å². The van der Waals surface area contributed by atoms with E-state index in [1.165, 1.54) is 5.56 Å². The van der Waals surface area contributed by atoms with E-state index >= 15 is 0 Å². The first-order chi connectivity index (χ1) is 11.7. The summed E-state index contributed by atoms with van der Waals surface area (Å²) in [5.74, 6) is 0.0370. The van der Waals surface area contributed by atoms with Crippen LogP contribution in [0.15, 0.2) is 64.7 Å². The lowest BCUT2D eigenvalue weighted by Gasteiger charge is -2.21. The van der Waals surface area contributed by atoms with Crippen LogP contribution in [0, 0.1) is 0 Å². The Morgan fingerprint density at radius 2 is 1.96 bits per heavy atom. The van der Waals surface area contributed by atoms with E-state index in [-0.39, 0.29) is 11.9 Å². The lowest BCUT2D eigenvalue weighted by atomic mass is 10.1. The summed E-state index contributed by atoms with van der Waals surface area (Å²) in [6.45, 7) is 1.16. The molecule has 0 spiro atoms. The number of likely N-dealkylation sites (N-methyl/N-ethyl adjacent to an activating group) is 1. The number of amides is 1.